The van der Waals surface area contributed by atoms with Gasteiger partial charge < -0.3 is 4.57 Å². The molecule has 0 N–H and O–H groups in total. The van der Waals surface area contributed by atoms with Crippen molar-refractivity contribution >= 4 is 5.91 Å². The summed E-state index contributed by atoms with van der Waals surface area (Å²) in [4.78, 5) is 20.2. The minimum absolute atomic E-state index is 0.102. The summed E-state index contributed by atoms with van der Waals surface area (Å²) >= 11 is 0. The van der Waals surface area contributed by atoms with Gasteiger partial charge in [0.25, 0.3) is 5.91 Å². The van der Waals surface area contributed by atoms with Gasteiger partial charge in [0.1, 0.15) is 6.33 Å². The lowest BCUT2D eigenvalue weighted by atomic mass is 9.71. The summed E-state index contributed by atoms with van der Waals surface area (Å²) < 4.78 is 3.67. The van der Waals surface area contributed by atoms with E-state index in [0.717, 1.165) is 24.0 Å². The molecular weight excluding hydrogens is 384 g/mol. The van der Waals surface area contributed by atoms with Crippen molar-refractivity contribution in [2.45, 2.75) is 53.5 Å². The number of aromatic nitrogens is 4. The van der Waals surface area contributed by atoms with Gasteiger partial charge >= 0.3 is 0 Å². The zero-order chi connectivity index (χ0) is 22.4. The zero-order valence-corrected chi connectivity index (χ0v) is 19.1. The summed E-state index contributed by atoms with van der Waals surface area (Å²) in [5.74, 6) is -0.102. The molecule has 1 atom stereocenters. The van der Waals surface area contributed by atoms with Gasteiger partial charge in [-0.25, -0.2) is 9.97 Å². The molecule has 1 unspecified atom stereocenters. The monoisotopic (exact) mass is 416 g/mol. The van der Waals surface area contributed by atoms with Gasteiger partial charge in [0, 0.05) is 30.9 Å². The molecule has 2 heterocycles. The lowest BCUT2D eigenvalue weighted by Gasteiger charge is -2.37. The molecule has 5 heteroatoms. The van der Waals surface area contributed by atoms with Crippen LogP contribution in [0.3, 0.4) is 0 Å². The molecule has 3 rings (SSSR count). The van der Waals surface area contributed by atoms with Crippen molar-refractivity contribution < 1.29 is 4.79 Å². The Morgan fingerprint density at radius 1 is 1.10 bits per heavy atom. The van der Waals surface area contributed by atoms with Crippen molar-refractivity contribution in [3.63, 3.8) is 0 Å². The molecule has 0 aliphatic heterocycles. The van der Waals surface area contributed by atoms with Crippen molar-refractivity contribution in [1.82, 2.24) is 19.1 Å². The van der Waals surface area contributed by atoms with E-state index < -0.39 is 0 Å². The Morgan fingerprint density at radius 2 is 1.84 bits per heavy atom. The predicted molar refractivity (Wildman–Crippen MR) is 126 cm³/mol. The minimum atomic E-state index is -0.102. The number of imidazole rings is 2. The Balaban J connectivity index is 1.71. The fourth-order valence-corrected chi connectivity index (χ4v) is 4.07. The highest BCUT2D eigenvalue weighted by atomic mass is 16.1. The SMILES string of the molecule is CC1=C(/C=C/C(C)=C/C=C/C(C)=C\C(=O)n2ccnc2)C(C)(C)CCC1n1ccnc1. The summed E-state index contributed by atoms with van der Waals surface area (Å²) in [7, 11) is 0. The second kappa shape index (κ2) is 9.73. The van der Waals surface area contributed by atoms with E-state index in [1.165, 1.54) is 22.0 Å². The highest BCUT2D eigenvalue weighted by Gasteiger charge is 2.32. The molecule has 0 spiro atoms. The van der Waals surface area contributed by atoms with Crippen LogP contribution in [0.15, 0.2) is 96.2 Å². The molecule has 0 bridgehead atoms. The number of carbonyl (C=O) groups is 1. The van der Waals surface area contributed by atoms with Crippen LogP contribution in [0.5, 0.6) is 0 Å². The summed E-state index contributed by atoms with van der Waals surface area (Å²) in [6.07, 6.45) is 24.9. The van der Waals surface area contributed by atoms with E-state index in [9.17, 15) is 4.79 Å². The van der Waals surface area contributed by atoms with Crippen LogP contribution < -0.4 is 0 Å². The maximum Gasteiger partial charge on any atom is 0.256 e. The topological polar surface area (TPSA) is 52.7 Å². The molecule has 2 aromatic heterocycles. The van der Waals surface area contributed by atoms with Crippen molar-refractivity contribution in [2.24, 2.45) is 5.41 Å². The van der Waals surface area contributed by atoms with Crippen molar-refractivity contribution in [2.75, 3.05) is 0 Å². The van der Waals surface area contributed by atoms with Crippen molar-refractivity contribution in [3.8, 4) is 0 Å². The van der Waals surface area contributed by atoms with E-state index in [-0.39, 0.29) is 11.3 Å². The van der Waals surface area contributed by atoms with Crippen LogP contribution in [0.4, 0.5) is 0 Å². The Hall–Kier alpha value is -3.21. The summed E-state index contributed by atoms with van der Waals surface area (Å²) in [5.41, 5.74) is 5.01. The first-order valence-corrected chi connectivity index (χ1v) is 10.7. The maximum absolute atomic E-state index is 12.1. The van der Waals surface area contributed by atoms with Crippen LogP contribution in [0.25, 0.3) is 0 Å². The summed E-state index contributed by atoms with van der Waals surface area (Å²) in [6.45, 7) is 10.9. The molecule has 1 aliphatic rings. The molecule has 2 aromatic rings. The average Bonchev–Trinajstić information content (AvgIpc) is 3.41. The van der Waals surface area contributed by atoms with Gasteiger partial charge in [0.05, 0.1) is 12.4 Å². The van der Waals surface area contributed by atoms with Crippen LogP contribution in [0.2, 0.25) is 0 Å². The first-order valence-electron chi connectivity index (χ1n) is 10.7. The van der Waals surface area contributed by atoms with Crippen LogP contribution >= 0.6 is 0 Å². The maximum atomic E-state index is 12.1. The first-order chi connectivity index (χ1) is 14.8. The Bertz CT molecular complexity index is 1050. The lowest BCUT2D eigenvalue weighted by Crippen LogP contribution is -2.25. The van der Waals surface area contributed by atoms with Gasteiger partial charge in [-0.2, -0.15) is 0 Å². The van der Waals surface area contributed by atoms with E-state index in [4.69, 9.17) is 0 Å². The van der Waals surface area contributed by atoms with Gasteiger partial charge in [0.15, 0.2) is 0 Å². The van der Waals surface area contributed by atoms with Gasteiger partial charge in [-0.3, -0.25) is 9.36 Å². The van der Waals surface area contributed by atoms with E-state index in [1.54, 1.807) is 18.5 Å². The highest BCUT2D eigenvalue weighted by Crippen LogP contribution is 2.45. The molecule has 0 saturated carbocycles. The molecule has 0 radical (unpaired) electrons. The Kier molecular flexibility index (Phi) is 7.06. The second-order valence-electron chi connectivity index (χ2n) is 8.84. The van der Waals surface area contributed by atoms with Crippen LogP contribution in [-0.2, 0) is 0 Å². The third-order valence-corrected chi connectivity index (χ3v) is 5.92. The van der Waals surface area contributed by atoms with Crippen molar-refractivity contribution in [3.05, 3.63) is 96.2 Å². The predicted octanol–water partition coefficient (Wildman–Crippen LogP) is 6.10. The largest absolute Gasteiger partial charge is 0.330 e. The normalized spacial score (nSPS) is 20.2. The third kappa shape index (κ3) is 5.69. The fraction of sp³-hybridized carbons (Fsp3) is 0.346. The minimum Gasteiger partial charge on any atom is -0.330 e. The summed E-state index contributed by atoms with van der Waals surface area (Å²) in [5, 5.41) is 0. The van der Waals surface area contributed by atoms with Crippen LogP contribution in [0.1, 0.15) is 58.3 Å². The van der Waals surface area contributed by atoms with Gasteiger partial charge in [0.2, 0.25) is 0 Å². The van der Waals surface area contributed by atoms with E-state index in [2.05, 4.69) is 66.7 Å². The van der Waals surface area contributed by atoms with E-state index >= 15 is 0 Å². The lowest BCUT2D eigenvalue weighted by molar-refractivity contribution is 0.0968. The molecular formula is C26H32N4O. The van der Waals surface area contributed by atoms with Gasteiger partial charge in [-0.15, -0.1) is 0 Å². The van der Waals surface area contributed by atoms with Crippen LogP contribution in [0, 0.1) is 5.41 Å². The fourth-order valence-electron chi connectivity index (χ4n) is 4.07. The molecule has 0 amide bonds. The van der Waals surface area contributed by atoms with E-state index in [0.29, 0.717) is 6.04 Å². The van der Waals surface area contributed by atoms with E-state index in [1.807, 2.05) is 31.6 Å². The standard InChI is InChI=1S/C26H32N4O/c1-20(7-6-8-21(2)17-25(31)30-16-14-28-19-30)9-10-23-22(3)24(11-12-26(23,4)5)29-15-13-27-18-29/h6-10,13-19,24H,11-12H2,1-5H3/b8-6+,10-9+,20-7+,21-17-. The zero-order valence-electron chi connectivity index (χ0n) is 19.1. The third-order valence-electron chi connectivity index (χ3n) is 5.92. The molecule has 0 fully saturated rings. The van der Waals surface area contributed by atoms with Crippen molar-refractivity contribution in [1.29, 1.82) is 0 Å². The number of allylic oxidation sites excluding steroid dienone is 10. The number of carbonyl (C=O) groups excluding carboxylic acids is 1. The highest BCUT2D eigenvalue weighted by molar-refractivity contribution is 5.90. The quantitative estimate of drug-likeness (QED) is 0.422. The smallest absolute Gasteiger partial charge is 0.256 e. The average molecular weight is 417 g/mol. The second-order valence-corrected chi connectivity index (χ2v) is 8.84. The van der Waals surface area contributed by atoms with Gasteiger partial charge in [-0.05, 0) is 55.7 Å². The molecule has 0 aromatic carbocycles. The molecule has 0 saturated heterocycles. The van der Waals surface area contributed by atoms with Gasteiger partial charge in [-0.1, -0.05) is 49.8 Å². The first kappa shape index (κ1) is 22.5. The number of nitrogens with zero attached hydrogens (tertiary/aromatic N) is 4. The Labute approximate surface area is 185 Å². The molecule has 5 nitrogen and oxygen atoms in total. The number of rotatable bonds is 6. The Morgan fingerprint density at radius 3 is 2.52 bits per heavy atom. The van der Waals surface area contributed by atoms with Crippen LogP contribution in [-0.4, -0.2) is 25.0 Å². The number of hydrogen-bond acceptors (Lipinski definition) is 3. The molecule has 1 aliphatic carbocycles. The molecule has 31 heavy (non-hydrogen) atoms. The summed E-state index contributed by atoms with van der Waals surface area (Å²) in [6, 6.07) is 0.375. The molecule has 162 valence electrons. The number of hydrogen-bond donors (Lipinski definition) is 0.